The van der Waals surface area contributed by atoms with Crippen LogP contribution in [0.3, 0.4) is 0 Å². The molecule has 5 heteroatoms. The van der Waals surface area contributed by atoms with Gasteiger partial charge < -0.3 is 10.2 Å². The molecule has 2 rings (SSSR count). The van der Waals surface area contributed by atoms with E-state index in [0.29, 0.717) is 24.5 Å². The molecule has 0 spiro atoms. The molecule has 0 bridgehead atoms. The molecule has 0 aromatic heterocycles. The summed E-state index contributed by atoms with van der Waals surface area (Å²) in [5, 5.41) is 3.57. The van der Waals surface area contributed by atoms with Gasteiger partial charge in [-0.25, -0.2) is 0 Å². The van der Waals surface area contributed by atoms with Crippen LogP contribution in [-0.2, 0) is 22.7 Å². The van der Waals surface area contributed by atoms with Gasteiger partial charge in [0, 0.05) is 24.5 Å². The van der Waals surface area contributed by atoms with Crippen LogP contribution in [0.5, 0.6) is 0 Å². The monoisotopic (exact) mass is 372 g/mol. The van der Waals surface area contributed by atoms with Crippen molar-refractivity contribution in [3.05, 3.63) is 70.7 Å². The van der Waals surface area contributed by atoms with Gasteiger partial charge >= 0.3 is 0 Å². The first-order valence-corrected chi connectivity index (χ1v) is 9.24. The molecule has 0 radical (unpaired) electrons. The van der Waals surface area contributed by atoms with Crippen LogP contribution in [0.1, 0.15) is 37.8 Å². The van der Waals surface area contributed by atoms with E-state index in [2.05, 4.69) is 5.32 Å². The Hall–Kier alpha value is -2.33. The van der Waals surface area contributed by atoms with Crippen LogP contribution < -0.4 is 5.32 Å². The quantitative estimate of drug-likeness (QED) is 0.755. The maximum Gasteiger partial charge on any atom is 0.242 e. The highest BCUT2D eigenvalue weighted by Gasteiger charge is 2.25. The van der Waals surface area contributed by atoms with Crippen molar-refractivity contribution in [3.8, 4) is 0 Å². The van der Waals surface area contributed by atoms with Crippen molar-refractivity contribution in [2.24, 2.45) is 0 Å². The van der Waals surface area contributed by atoms with Gasteiger partial charge in [0.05, 0.1) is 0 Å². The highest BCUT2D eigenvalue weighted by Crippen LogP contribution is 2.13. The van der Waals surface area contributed by atoms with Gasteiger partial charge in [0.25, 0.3) is 0 Å². The number of hydrogen-bond donors (Lipinski definition) is 1. The van der Waals surface area contributed by atoms with E-state index in [0.717, 1.165) is 17.5 Å². The van der Waals surface area contributed by atoms with E-state index in [1.807, 2.05) is 49.4 Å². The van der Waals surface area contributed by atoms with Crippen molar-refractivity contribution in [1.82, 2.24) is 10.2 Å². The van der Waals surface area contributed by atoms with Crippen LogP contribution in [0.2, 0.25) is 5.02 Å². The second-order valence-corrected chi connectivity index (χ2v) is 6.71. The summed E-state index contributed by atoms with van der Waals surface area (Å²) >= 11 is 5.88. The average molecular weight is 373 g/mol. The number of hydrogen-bond acceptors (Lipinski definition) is 2. The zero-order valence-electron chi connectivity index (χ0n) is 15.2. The highest BCUT2D eigenvalue weighted by atomic mass is 35.5. The summed E-state index contributed by atoms with van der Waals surface area (Å²) in [6.07, 6.45) is 1.19. The molecule has 0 saturated heterocycles. The molecule has 2 aromatic rings. The number of amides is 2. The lowest BCUT2D eigenvalue weighted by atomic mass is 10.1. The van der Waals surface area contributed by atoms with Crippen molar-refractivity contribution < 1.29 is 9.59 Å². The van der Waals surface area contributed by atoms with E-state index in [4.69, 9.17) is 11.6 Å². The molecule has 4 nitrogen and oxygen atoms in total. The van der Waals surface area contributed by atoms with Crippen LogP contribution in [-0.4, -0.2) is 22.8 Å². The fraction of sp³-hybridized carbons (Fsp3) is 0.333. The largest absolute Gasteiger partial charge is 0.350 e. The summed E-state index contributed by atoms with van der Waals surface area (Å²) in [6.45, 7) is 4.56. The standard InChI is InChI=1S/C21H25ClN2O2/c1-3-7-20(25)24(15-18-8-5-4-6-9-18)16(2)21(26)23-14-17-10-12-19(22)13-11-17/h4-6,8-13,16H,3,7,14-15H2,1-2H3,(H,23,26). The van der Waals surface area contributed by atoms with E-state index >= 15 is 0 Å². The van der Waals surface area contributed by atoms with Crippen LogP contribution in [0.25, 0.3) is 0 Å². The Balaban J connectivity index is 2.03. The maximum absolute atomic E-state index is 12.6. The molecule has 0 fully saturated rings. The van der Waals surface area contributed by atoms with Gasteiger partial charge in [-0.05, 0) is 36.6 Å². The summed E-state index contributed by atoms with van der Waals surface area (Å²) in [7, 11) is 0. The molecule has 2 aromatic carbocycles. The Morgan fingerprint density at radius 3 is 2.31 bits per heavy atom. The lowest BCUT2D eigenvalue weighted by Gasteiger charge is -2.28. The number of rotatable bonds is 8. The Bertz CT molecular complexity index is 717. The van der Waals surface area contributed by atoms with Gasteiger partial charge in [0.2, 0.25) is 11.8 Å². The maximum atomic E-state index is 12.6. The number of carbonyl (C=O) groups excluding carboxylic acids is 2. The molecule has 0 saturated carbocycles. The van der Waals surface area contributed by atoms with E-state index in [1.54, 1.807) is 24.0 Å². The zero-order chi connectivity index (χ0) is 18.9. The zero-order valence-corrected chi connectivity index (χ0v) is 16.0. The molecule has 138 valence electrons. The molecule has 0 aliphatic carbocycles. The van der Waals surface area contributed by atoms with Crippen molar-refractivity contribution in [2.75, 3.05) is 0 Å². The number of benzene rings is 2. The molecule has 0 heterocycles. The van der Waals surface area contributed by atoms with Crippen molar-refractivity contribution in [1.29, 1.82) is 0 Å². The SMILES string of the molecule is CCCC(=O)N(Cc1ccccc1)C(C)C(=O)NCc1ccc(Cl)cc1. The predicted molar refractivity (Wildman–Crippen MR) is 105 cm³/mol. The van der Waals surface area contributed by atoms with Crippen molar-refractivity contribution >= 4 is 23.4 Å². The molecule has 2 amide bonds. The third-order valence-corrected chi connectivity index (χ3v) is 4.46. The first-order valence-electron chi connectivity index (χ1n) is 8.86. The minimum absolute atomic E-state index is 0.00880. The number of nitrogens with one attached hydrogen (secondary N) is 1. The second kappa shape index (κ2) is 9.97. The first kappa shape index (κ1) is 20.0. The van der Waals surface area contributed by atoms with E-state index in [-0.39, 0.29) is 11.8 Å². The van der Waals surface area contributed by atoms with Gasteiger partial charge in [-0.3, -0.25) is 9.59 Å². The predicted octanol–water partition coefficient (Wildman–Crippen LogP) is 4.17. The number of nitrogens with zero attached hydrogens (tertiary/aromatic N) is 1. The molecule has 1 atom stereocenters. The lowest BCUT2D eigenvalue weighted by molar-refractivity contribution is -0.140. The van der Waals surface area contributed by atoms with Crippen molar-refractivity contribution in [3.63, 3.8) is 0 Å². The first-order chi connectivity index (χ1) is 12.5. The lowest BCUT2D eigenvalue weighted by Crippen LogP contribution is -2.47. The number of carbonyl (C=O) groups is 2. The molecule has 0 aliphatic heterocycles. The van der Waals surface area contributed by atoms with Gasteiger partial charge in [-0.2, -0.15) is 0 Å². The van der Waals surface area contributed by atoms with Gasteiger partial charge in [-0.15, -0.1) is 0 Å². The average Bonchev–Trinajstić information content (AvgIpc) is 2.66. The molecule has 26 heavy (non-hydrogen) atoms. The summed E-state index contributed by atoms with van der Waals surface area (Å²) in [5.41, 5.74) is 1.97. The van der Waals surface area contributed by atoms with Crippen LogP contribution in [0.4, 0.5) is 0 Å². The third-order valence-electron chi connectivity index (χ3n) is 4.21. The Morgan fingerprint density at radius 1 is 1.04 bits per heavy atom. The topological polar surface area (TPSA) is 49.4 Å². The number of halogens is 1. The second-order valence-electron chi connectivity index (χ2n) is 6.28. The molecular formula is C21H25ClN2O2. The molecule has 1 unspecified atom stereocenters. The third kappa shape index (κ3) is 5.88. The summed E-state index contributed by atoms with van der Waals surface area (Å²) in [6, 6.07) is 16.5. The summed E-state index contributed by atoms with van der Waals surface area (Å²) < 4.78 is 0. The molecule has 0 aliphatic rings. The Kier molecular flexibility index (Phi) is 7.67. The van der Waals surface area contributed by atoms with Crippen molar-refractivity contribution in [2.45, 2.75) is 45.8 Å². The fourth-order valence-corrected chi connectivity index (χ4v) is 2.79. The van der Waals surface area contributed by atoms with Crippen LogP contribution >= 0.6 is 11.6 Å². The van der Waals surface area contributed by atoms with E-state index in [9.17, 15) is 9.59 Å². The van der Waals surface area contributed by atoms with Gasteiger partial charge in [0.15, 0.2) is 0 Å². The highest BCUT2D eigenvalue weighted by molar-refractivity contribution is 6.30. The minimum Gasteiger partial charge on any atom is -0.350 e. The molecular weight excluding hydrogens is 348 g/mol. The Labute approximate surface area is 160 Å². The summed E-state index contributed by atoms with van der Waals surface area (Å²) in [4.78, 5) is 26.8. The van der Waals surface area contributed by atoms with Crippen LogP contribution in [0, 0.1) is 0 Å². The molecule has 1 N–H and O–H groups in total. The van der Waals surface area contributed by atoms with E-state index < -0.39 is 6.04 Å². The fourth-order valence-electron chi connectivity index (χ4n) is 2.66. The van der Waals surface area contributed by atoms with Crippen LogP contribution in [0.15, 0.2) is 54.6 Å². The summed E-state index contributed by atoms with van der Waals surface area (Å²) in [5.74, 6) is -0.175. The normalized spacial score (nSPS) is 11.7. The Morgan fingerprint density at radius 2 is 1.69 bits per heavy atom. The van der Waals surface area contributed by atoms with E-state index in [1.165, 1.54) is 0 Å². The van der Waals surface area contributed by atoms with Gasteiger partial charge in [0.1, 0.15) is 6.04 Å². The smallest absolute Gasteiger partial charge is 0.242 e. The van der Waals surface area contributed by atoms with Gasteiger partial charge in [-0.1, -0.05) is 61.0 Å². The minimum atomic E-state index is -0.540.